The SMILES string of the molecule is FC(F)(F)c1ccccc1C1=CC=C2CC=CC=C2O1. The van der Waals surface area contributed by atoms with Crippen LogP contribution in [0.2, 0.25) is 0 Å². The molecule has 1 nitrogen and oxygen atoms in total. The van der Waals surface area contributed by atoms with Crippen molar-refractivity contribution in [1.29, 1.82) is 0 Å². The van der Waals surface area contributed by atoms with Gasteiger partial charge in [-0.3, -0.25) is 0 Å². The minimum absolute atomic E-state index is 0.0609. The summed E-state index contributed by atoms with van der Waals surface area (Å²) in [7, 11) is 0. The molecule has 1 heterocycles. The summed E-state index contributed by atoms with van der Waals surface area (Å²) in [6, 6.07) is 5.43. The van der Waals surface area contributed by atoms with Crippen molar-refractivity contribution in [1.82, 2.24) is 0 Å². The molecule has 0 radical (unpaired) electrons. The van der Waals surface area contributed by atoms with Crippen molar-refractivity contribution in [3.8, 4) is 0 Å². The lowest BCUT2D eigenvalue weighted by Crippen LogP contribution is -2.11. The second-order valence-corrected chi connectivity index (χ2v) is 4.53. The number of hydrogen-bond donors (Lipinski definition) is 0. The van der Waals surface area contributed by atoms with Gasteiger partial charge in [0, 0.05) is 5.56 Å². The molecular formula is C16H11F3O. The first kappa shape index (κ1) is 12.8. The van der Waals surface area contributed by atoms with E-state index in [4.69, 9.17) is 4.74 Å². The second kappa shape index (κ2) is 4.71. The lowest BCUT2D eigenvalue weighted by Gasteiger charge is -2.22. The van der Waals surface area contributed by atoms with E-state index >= 15 is 0 Å². The van der Waals surface area contributed by atoms with Crippen LogP contribution in [0.15, 0.2) is 66.0 Å². The Morgan fingerprint density at radius 1 is 0.950 bits per heavy atom. The number of hydrogen-bond acceptors (Lipinski definition) is 1. The summed E-state index contributed by atoms with van der Waals surface area (Å²) in [6.07, 6.45) is 5.31. The Morgan fingerprint density at radius 3 is 2.55 bits per heavy atom. The highest BCUT2D eigenvalue weighted by molar-refractivity contribution is 5.69. The van der Waals surface area contributed by atoms with Crippen LogP contribution in [0.4, 0.5) is 13.2 Å². The number of alkyl halides is 3. The molecule has 0 saturated heterocycles. The molecule has 2 aliphatic rings. The van der Waals surface area contributed by atoms with Crippen molar-refractivity contribution < 1.29 is 17.9 Å². The summed E-state index contributed by atoms with van der Waals surface area (Å²) in [5.74, 6) is 0.838. The molecule has 0 saturated carbocycles. The summed E-state index contributed by atoms with van der Waals surface area (Å²) in [6.45, 7) is 0. The van der Waals surface area contributed by atoms with Crippen LogP contribution >= 0.6 is 0 Å². The molecule has 102 valence electrons. The topological polar surface area (TPSA) is 9.23 Å². The first-order chi connectivity index (χ1) is 9.55. The summed E-state index contributed by atoms with van der Waals surface area (Å²) >= 11 is 0. The first-order valence-corrected chi connectivity index (χ1v) is 6.18. The van der Waals surface area contributed by atoms with E-state index in [-0.39, 0.29) is 11.3 Å². The lowest BCUT2D eigenvalue weighted by molar-refractivity contribution is -0.137. The zero-order valence-corrected chi connectivity index (χ0v) is 10.4. The van der Waals surface area contributed by atoms with Gasteiger partial charge in [0.15, 0.2) is 0 Å². The van der Waals surface area contributed by atoms with Crippen molar-refractivity contribution in [2.24, 2.45) is 0 Å². The molecule has 0 aromatic heterocycles. The van der Waals surface area contributed by atoms with E-state index in [9.17, 15) is 13.2 Å². The number of halogens is 3. The van der Waals surface area contributed by atoms with Gasteiger partial charge in [-0.05, 0) is 30.2 Å². The molecule has 0 unspecified atom stereocenters. The summed E-state index contributed by atoms with van der Waals surface area (Å²) < 4.78 is 44.7. The maximum absolute atomic E-state index is 13.0. The van der Waals surface area contributed by atoms with E-state index in [1.54, 1.807) is 24.3 Å². The number of ether oxygens (including phenoxy) is 1. The van der Waals surface area contributed by atoms with Crippen molar-refractivity contribution in [2.75, 3.05) is 0 Å². The highest BCUT2D eigenvalue weighted by atomic mass is 19.4. The van der Waals surface area contributed by atoms with Crippen molar-refractivity contribution in [3.05, 3.63) is 77.1 Å². The van der Waals surface area contributed by atoms with Crippen LogP contribution in [-0.4, -0.2) is 0 Å². The maximum Gasteiger partial charge on any atom is 0.417 e. The van der Waals surface area contributed by atoms with Crippen LogP contribution < -0.4 is 0 Å². The highest BCUT2D eigenvalue weighted by Gasteiger charge is 2.34. The number of fused-ring (bicyclic) bond motifs is 1. The van der Waals surface area contributed by atoms with Gasteiger partial charge in [-0.1, -0.05) is 36.4 Å². The normalized spacial score (nSPS) is 17.6. The van der Waals surface area contributed by atoms with Crippen LogP contribution in [-0.2, 0) is 10.9 Å². The Labute approximate surface area is 114 Å². The molecule has 0 spiro atoms. The van der Waals surface area contributed by atoms with Crippen molar-refractivity contribution in [3.63, 3.8) is 0 Å². The predicted octanol–water partition coefficient (Wildman–Crippen LogP) is 4.85. The van der Waals surface area contributed by atoms with Crippen molar-refractivity contribution >= 4 is 5.76 Å². The van der Waals surface area contributed by atoms with Gasteiger partial charge in [-0.15, -0.1) is 0 Å². The quantitative estimate of drug-likeness (QED) is 0.712. The van der Waals surface area contributed by atoms with Crippen LogP contribution in [0.3, 0.4) is 0 Å². The lowest BCUT2D eigenvalue weighted by atomic mass is 10.00. The molecule has 0 atom stereocenters. The summed E-state index contributed by atoms with van der Waals surface area (Å²) in [5, 5.41) is 0. The number of rotatable bonds is 1. The number of benzene rings is 1. The van der Waals surface area contributed by atoms with Crippen LogP contribution in [0.1, 0.15) is 17.5 Å². The number of allylic oxidation sites excluding steroid dienone is 6. The third-order valence-corrected chi connectivity index (χ3v) is 3.19. The van der Waals surface area contributed by atoms with Gasteiger partial charge in [0.2, 0.25) is 0 Å². The fourth-order valence-electron chi connectivity index (χ4n) is 2.23. The van der Waals surface area contributed by atoms with Gasteiger partial charge >= 0.3 is 6.18 Å². The molecule has 4 heteroatoms. The van der Waals surface area contributed by atoms with E-state index in [0.29, 0.717) is 5.76 Å². The minimum Gasteiger partial charge on any atom is -0.456 e. The first-order valence-electron chi connectivity index (χ1n) is 6.18. The summed E-state index contributed by atoms with van der Waals surface area (Å²) in [5.41, 5.74) is 0.349. The zero-order valence-electron chi connectivity index (χ0n) is 10.4. The largest absolute Gasteiger partial charge is 0.456 e. The minimum atomic E-state index is -4.40. The summed E-state index contributed by atoms with van der Waals surface area (Å²) in [4.78, 5) is 0. The molecule has 1 aromatic carbocycles. The smallest absolute Gasteiger partial charge is 0.417 e. The third-order valence-electron chi connectivity index (χ3n) is 3.19. The van der Waals surface area contributed by atoms with E-state index in [1.165, 1.54) is 12.1 Å². The average molecular weight is 276 g/mol. The van der Waals surface area contributed by atoms with Gasteiger partial charge in [-0.25, -0.2) is 0 Å². The van der Waals surface area contributed by atoms with Gasteiger partial charge < -0.3 is 4.74 Å². The highest BCUT2D eigenvalue weighted by Crippen LogP contribution is 2.38. The Bertz CT molecular complexity index is 661. The monoisotopic (exact) mass is 276 g/mol. The molecule has 1 aliphatic heterocycles. The van der Waals surface area contributed by atoms with E-state index in [0.717, 1.165) is 18.1 Å². The molecular weight excluding hydrogens is 265 g/mol. The standard InChI is InChI=1S/C16H11F3O/c17-16(18,19)13-7-3-2-6-12(13)15-10-9-11-5-1-4-8-14(11)20-15/h1-4,6-10H,5H2. The van der Waals surface area contributed by atoms with Gasteiger partial charge in [0.25, 0.3) is 0 Å². The van der Waals surface area contributed by atoms with Gasteiger partial charge in [0.1, 0.15) is 11.5 Å². The predicted molar refractivity (Wildman–Crippen MR) is 70.4 cm³/mol. The Morgan fingerprint density at radius 2 is 1.75 bits per heavy atom. The van der Waals surface area contributed by atoms with Crippen molar-refractivity contribution in [2.45, 2.75) is 12.6 Å². The molecule has 20 heavy (non-hydrogen) atoms. The molecule has 0 fully saturated rings. The van der Waals surface area contributed by atoms with E-state index < -0.39 is 11.7 Å². The molecule has 3 rings (SSSR count). The third kappa shape index (κ3) is 2.29. The fourth-order valence-corrected chi connectivity index (χ4v) is 2.23. The van der Waals surface area contributed by atoms with Gasteiger partial charge in [-0.2, -0.15) is 13.2 Å². The van der Waals surface area contributed by atoms with Gasteiger partial charge in [0.05, 0.1) is 5.56 Å². The van der Waals surface area contributed by atoms with Crippen LogP contribution in [0.25, 0.3) is 5.76 Å². The Hall–Kier alpha value is -2.23. The fraction of sp³-hybridized carbons (Fsp3) is 0.125. The molecule has 0 N–H and O–H groups in total. The second-order valence-electron chi connectivity index (χ2n) is 4.53. The van der Waals surface area contributed by atoms with Crippen LogP contribution in [0.5, 0.6) is 0 Å². The van der Waals surface area contributed by atoms with E-state index in [1.807, 2.05) is 12.2 Å². The average Bonchev–Trinajstić information content (AvgIpc) is 2.46. The molecule has 0 amide bonds. The zero-order chi connectivity index (χ0) is 14.2. The van der Waals surface area contributed by atoms with Crippen LogP contribution in [0, 0.1) is 0 Å². The Kier molecular flexibility index (Phi) is 3.01. The molecule has 0 bridgehead atoms. The molecule has 1 aliphatic carbocycles. The maximum atomic E-state index is 13.0. The van der Waals surface area contributed by atoms with E-state index in [2.05, 4.69) is 0 Å². The molecule has 1 aromatic rings. The Balaban J connectivity index is 2.04.